The van der Waals surface area contributed by atoms with Crippen molar-refractivity contribution in [3.63, 3.8) is 0 Å². The summed E-state index contributed by atoms with van der Waals surface area (Å²) in [6, 6.07) is 15.7. The Morgan fingerprint density at radius 1 is 1.06 bits per heavy atom. The minimum atomic E-state index is -0.329. The first-order chi connectivity index (χ1) is 15.2. The summed E-state index contributed by atoms with van der Waals surface area (Å²) in [4.78, 5) is 18.0. The van der Waals surface area contributed by atoms with Crippen molar-refractivity contribution in [2.24, 2.45) is 0 Å². The summed E-state index contributed by atoms with van der Waals surface area (Å²) < 4.78 is 13.4. The lowest BCUT2D eigenvalue weighted by Gasteiger charge is -2.31. The molecule has 1 aromatic heterocycles. The lowest BCUT2D eigenvalue weighted by molar-refractivity contribution is -0.139. The van der Waals surface area contributed by atoms with Crippen molar-refractivity contribution in [2.45, 2.75) is 46.1 Å². The fourth-order valence-electron chi connectivity index (χ4n) is 4.06. The van der Waals surface area contributed by atoms with Gasteiger partial charge in [-0.1, -0.05) is 44.5 Å². The molecule has 0 amide bonds. The zero-order chi connectivity index (χ0) is 21.8. The number of aromatic nitrogens is 2. The summed E-state index contributed by atoms with van der Waals surface area (Å²) in [6.45, 7) is 7.03. The molecule has 0 aliphatic carbocycles. The summed E-state index contributed by atoms with van der Waals surface area (Å²) in [6.07, 6.45) is 2.60. The number of hydrogen-bond donors (Lipinski definition) is 1. The average molecular weight is 420 g/mol. The number of para-hydroxylation sites is 2. The van der Waals surface area contributed by atoms with Gasteiger partial charge < -0.3 is 14.8 Å². The van der Waals surface area contributed by atoms with Crippen LogP contribution in [0.15, 0.2) is 59.8 Å². The summed E-state index contributed by atoms with van der Waals surface area (Å²) >= 11 is 0. The monoisotopic (exact) mass is 419 g/mol. The zero-order valence-corrected chi connectivity index (χ0v) is 18.4. The van der Waals surface area contributed by atoms with Gasteiger partial charge in [-0.2, -0.15) is 0 Å². The molecule has 31 heavy (non-hydrogen) atoms. The van der Waals surface area contributed by atoms with Crippen LogP contribution in [0.4, 0.5) is 5.95 Å². The van der Waals surface area contributed by atoms with E-state index in [0.717, 1.165) is 53.3 Å². The first-order valence-corrected chi connectivity index (χ1v) is 11.0. The fourth-order valence-corrected chi connectivity index (χ4v) is 4.06. The highest BCUT2D eigenvalue weighted by Crippen LogP contribution is 2.41. The predicted octanol–water partition coefficient (Wildman–Crippen LogP) is 5.46. The van der Waals surface area contributed by atoms with Crippen LogP contribution in [0, 0.1) is 0 Å². The van der Waals surface area contributed by atoms with Gasteiger partial charge in [0.2, 0.25) is 5.95 Å². The number of fused-ring (bicyclic) bond motifs is 3. The number of imidazole rings is 1. The molecule has 2 heterocycles. The van der Waals surface area contributed by atoms with E-state index in [-0.39, 0.29) is 12.0 Å². The molecule has 0 unspecified atom stereocenters. The normalized spacial score (nSPS) is 15.5. The summed E-state index contributed by atoms with van der Waals surface area (Å²) in [7, 11) is 0. The number of carbonyl (C=O) groups is 1. The van der Waals surface area contributed by atoms with Crippen molar-refractivity contribution in [3.8, 4) is 5.75 Å². The van der Waals surface area contributed by atoms with Gasteiger partial charge >= 0.3 is 5.97 Å². The molecule has 1 atom stereocenters. The lowest BCUT2D eigenvalue weighted by Crippen LogP contribution is -2.29. The molecule has 0 spiro atoms. The minimum absolute atomic E-state index is 0.293. The Morgan fingerprint density at radius 2 is 1.84 bits per heavy atom. The van der Waals surface area contributed by atoms with E-state index >= 15 is 0 Å². The topological polar surface area (TPSA) is 65.4 Å². The van der Waals surface area contributed by atoms with Crippen LogP contribution in [0.2, 0.25) is 0 Å². The molecule has 4 rings (SSSR count). The Bertz CT molecular complexity index is 1100. The molecule has 162 valence electrons. The van der Waals surface area contributed by atoms with Crippen molar-refractivity contribution in [1.29, 1.82) is 0 Å². The molecule has 0 saturated heterocycles. The second kappa shape index (κ2) is 9.25. The molecule has 0 saturated carbocycles. The van der Waals surface area contributed by atoms with Gasteiger partial charge in [-0.25, -0.2) is 9.78 Å². The lowest BCUT2D eigenvalue weighted by atomic mass is 9.93. The highest BCUT2D eigenvalue weighted by Gasteiger charge is 2.35. The van der Waals surface area contributed by atoms with Gasteiger partial charge in [-0.05, 0) is 49.6 Å². The molecule has 6 nitrogen and oxygen atoms in total. The highest BCUT2D eigenvalue weighted by atomic mass is 16.5. The molecular formula is C25H29N3O3. The van der Waals surface area contributed by atoms with Gasteiger partial charge in [-0.3, -0.25) is 4.57 Å². The van der Waals surface area contributed by atoms with Crippen molar-refractivity contribution in [1.82, 2.24) is 9.55 Å². The molecule has 3 aromatic rings. The number of ether oxygens (including phenoxy) is 2. The largest absolute Gasteiger partial charge is 0.494 e. The first kappa shape index (κ1) is 21.0. The Kier molecular flexibility index (Phi) is 6.26. The van der Waals surface area contributed by atoms with E-state index in [1.807, 2.05) is 55.5 Å². The minimum Gasteiger partial charge on any atom is -0.494 e. The number of nitrogens with one attached hydrogen (secondary N) is 1. The number of nitrogens with zero attached hydrogens (tertiary/aromatic N) is 2. The second-order valence-corrected chi connectivity index (χ2v) is 7.60. The van der Waals surface area contributed by atoms with Crippen LogP contribution in [0.25, 0.3) is 11.0 Å². The standard InChI is InChI=1S/C25H29N3O3/c1-4-9-20-22(24(29)30-6-3)23(17-12-14-18(15-13-17)31-16-5-2)28-21-11-8-7-10-19(21)26-25(28)27-20/h7-8,10-15,23H,4-6,9,16H2,1-3H3,(H,26,27)/t23-/m0/s1. The summed E-state index contributed by atoms with van der Waals surface area (Å²) in [5.74, 6) is 1.28. The van der Waals surface area contributed by atoms with Gasteiger partial charge in [0.15, 0.2) is 0 Å². The molecule has 0 radical (unpaired) electrons. The van der Waals surface area contributed by atoms with Gasteiger partial charge in [0.05, 0.1) is 35.9 Å². The Morgan fingerprint density at radius 3 is 2.55 bits per heavy atom. The maximum Gasteiger partial charge on any atom is 0.338 e. The van der Waals surface area contributed by atoms with E-state index in [4.69, 9.17) is 14.5 Å². The van der Waals surface area contributed by atoms with E-state index in [0.29, 0.717) is 18.8 Å². The van der Waals surface area contributed by atoms with Crippen LogP contribution in [-0.4, -0.2) is 28.7 Å². The molecular weight excluding hydrogens is 390 g/mol. The number of benzene rings is 2. The molecule has 0 fully saturated rings. The van der Waals surface area contributed by atoms with Crippen molar-refractivity contribution in [3.05, 3.63) is 65.4 Å². The average Bonchev–Trinajstić information content (AvgIpc) is 3.15. The van der Waals surface area contributed by atoms with Crippen LogP contribution in [0.1, 0.15) is 51.6 Å². The fraction of sp³-hybridized carbons (Fsp3) is 0.360. The zero-order valence-electron chi connectivity index (χ0n) is 18.4. The number of rotatable bonds is 8. The van der Waals surface area contributed by atoms with Crippen molar-refractivity contribution in [2.75, 3.05) is 18.5 Å². The van der Waals surface area contributed by atoms with Gasteiger partial charge in [0, 0.05) is 5.70 Å². The summed E-state index contributed by atoms with van der Waals surface area (Å²) in [5.41, 5.74) is 4.37. The molecule has 1 aliphatic heterocycles. The number of esters is 1. The summed E-state index contributed by atoms with van der Waals surface area (Å²) in [5, 5.41) is 3.42. The molecule has 1 aliphatic rings. The predicted molar refractivity (Wildman–Crippen MR) is 122 cm³/mol. The molecule has 1 N–H and O–H groups in total. The number of allylic oxidation sites excluding steroid dienone is 1. The van der Waals surface area contributed by atoms with Crippen LogP contribution < -0.4 is 10.1 Å². The van der Waals surface area contributed by atoms with E-state index < -0.39 is 0 Å². The second-order valence-electron chi connectivity index (χ2n) is 7.60. The van der Waals surface area contributed by atoms with Crippen molar-refractivity contribution < 1.29 is 14.3 Å². The van der Waals surface area contributed by atoms with Gasteiger partial charge in [0.25, 0.3) is 0 Å². The Labute approximate surface area is 182 Å². The maximum atomic E-state index is 13.2. The van der Waals surface area contributed by atoms with Crippen LogP contribution >= 0.6 is 0 Å². The maximum absolute atomic E-state index is 13.2. The quantitative estimate of drug-likeness (QED) is 0.491. The Balaban J connectivity index is 1.89. The third-order valence-corrected chi connectivity index (χ3v) is 5.38. The number of carbonyl (C=O) groups excluding carboxylic acids is 1. The first-order valence-electron chi connectivity index (χ1n) is 11.0. The van der Waals surface area contributed by atoms with Crippen LogP contribution in [0.3, 0.4) is 0 Å². The molecule has 2 aromatic carbocycles. The number of anilines is 1. The van der Waals surface area contributed by atoms with Crippen molar-refractivity contribution >= 4 is 23.0 Å². The number of hydrogen-bond acceptors (Lipinski definition) is 5. The van der Waals surface area contributed by atoms with Crippen LogP contribution in [-0.2, 0) is 9.53 Å². The molecule has 0 bridgehead atoms. The van der Waals surface area contributed by atoms with E-state index in [1.165, 1.54) is 0 Å². The van der Waals surface area contributed by atoms with E-state index in [1.54, 1.807) is 0 Å². The third-order valence-electron chi connectivity index (χ3n) is 5.38. The Hall–Kier alpha value is -3.28. The molecule has 6 heteroatoms. The highest BCUT2D eigenvalue weighted by molar-refractivity contribution is 5.94. The van der Waals surface area contributed by atoms with Gasteiger partial charge in [-0.15, -0.1) is 0 Å². The van der Waals surface area contributed by atoms with E-state index in [2.05, 4.69) is 23.7 Å². The van der Waals surface area contributed by atoms with Crippen LogP contribution in [0.5, 0.6) is 5.75 Å². The SMILES string of the molecule is CCCOc1ccc([C@H]2C(C(=O)OCC)=C(CCC)Nc3nc4ccccc4n32)cc1. The third kappa shape index (κ3) is 4.02. The van der Waals surface area contributed by atoms with E-state index in [9.17, 15) is 4.79 Å². The smallest absolute Gasteiger partial charge is 0.338 e. The van der Waals surface area contributed by atoms with Gasteiger partial charge in [0.1, 0.15) is 5.75 Å².